The van der Waals surface area contributed by atoms with Crippen LogP contribution in [0, 0.1) is 11.8 Å². The van der Waals surface area contributed by atoms with Gasteiger partial charge in [-0.3, -0.25) is 27.2 Å². The smallest absolute Gasteiger partial charge is 0.354 e. The molecule has 294 valence electrons. The lowest BCUT2D eigenvalue weighted by molar-refractivity contribution is 0.407. The molecule has 0 aliphatic heterocycles. The maximum absolute atomic E-state index is 15.1. The molecule has 0 aromatic carbocycles. The van der Waals surface area contributed by atoms with Crippen LogP contribution in [0.15, 0.2) is 36.7 Å². The van der Waals surface area contributed by atoms with Crippen LogP contribution in [-0.2, 0) is 0 Å². The molecule has 52 heavy (non-hydrogen) atoms. The van der Waals surface area contributed by atoms with E-state index in [1.54, 1.807) is 36.7 Å². The van der Waals surface area contributed by atoms with Crippen LogP contribution in [0.3, 0.4) is 0 Å². The average molecular weight is 731 g/mol. The number of halogens is 4. The zero-order valence-electron chi connectivity index (χ0n) is 33.5. The Morgan fingerprint density at radius 3 is 1.06 bits per heavy atom. The van der Waals surface area contributed by atoms with Gasteiger partial charge < -0.3 is 9.62 Å². The van der Waals surface area contributed by atoms with Gasteiger partial charge in [0.15, 0.2) is 0 Å². The van der Waals surface area contributed by atoms with Crippen LogP contribution in [0.5, 0.6) is 0 Å². The Kier molecular flexibility index (Phi) is 25.7. The molecule has 0 bridgehead atoms. The molecule has 2 heterocycles. The third kappa shape index (κ3) is 18.2. The Hall–Kier alpha value is -2.25. The fourth-order valence-electron chi connectivity index (χ4n) is 7.54. The van der Waals surface area contributed by atoms with Crippen molar-refractivity contribution in [3.8, 4) is 11.4 Å². The van der Waals surface area contributed by atoms with E-state index in [1.165, 1.54) is 51.4 Å². The van der Waals surface area contributed by atoms with Gasteiger partial charge in [0.05, 0.1) is 11.4 Å². The van der Waals surface area contributed by atoms with Crippen LogP contribution < -0.4 is 9.62 Å². The van der Waals surface area contributed by atoms with Crippen molar-refractivity contribution in [3.63, 3.8) is 0 Å². The molecule has 0 saturated heterocycles. The lowest BCUT2D eigenvalue weighted by Gasteiger charge is -2.31. The number of hydrogen-bond donors (Lipinski definition) is 0. The van der Waals surface area contributed by atoms with Crippen LogP contribution in [0.2, 0.25) is 0 Å². The summed E-state index contributed by atoms with van der Waals surface area (Å²) in [7, 11) is -5.51. The van der Waals surface area contributed by atoms with Gasteiger partial charge in [-0.25, -0.2) is 0 Å². The highest BCUT2D eigenvalue weighted by Crippen LogP contribution is 2.37. The first-order valence-electron chi connectivity index (χ1n) is 21.4. The molecule has 0 spiro atoms. The predicted molar refractivity (Wildman–Crippen MR) is 219 cm³/mol. The Morgan fingerprint density at radius 1 is 0.462 bits per heavy atom. The van der Waals surface area contributed by atoms with Crippen molar-refractivity contribution in [2.75, 3.05) is 22.7 Å². The Bertz CT molecular complexity index is 1060. The van der Waals surface area contributed by atoms with Crippen molar-refractivity contribution in [1.29, 1.82) is 0 Å². The molecule has 2 aromatic rings. The fourth-order valence-corrected chi connectivity index (χ4v) is 7.54. The van der Waals surface area contributed by atoms with Crippen molar-refractivity contribution in [3.05, 3.63) is 36.7 Å². The maximum Gasteiger partial charge on any atom is 0.673 e. The molecule has 2 unspecified atom stereocenters. The van der Waals surface area contributed by atoms with Crippen LogP contribution in [0.4, 0.5) is 28.6 Å². The van der Waals surface area contributed by atoms with E-state index in [9.17, 15) is 0 Å². The molecule has 0 saturated carbocycles. The van der Waals surface area contributed by atoms with Crippen molar-refractivity contribution in [2.24, 2.45) is 11.8 Å². The first kappa shape index (κ1) is 45.9. The molecule has 10 heteroatoms. The second-order valence-corrected chi connectivity index (χ2v) is 15.1. The molecular formula is C42H72B2F4N4. The first-order chi connectivity index (χ1) is 25.4. The van der Waals surface area contributed by atoms with Crippen LogP contribution in [0.25, 0.3) is 11.4 Å². The molecule has 0 aliphatic carbocycles. The lowest BCUT2D eigenvalue weighted by atomic mass is 9.91. The van der Waals surface area contributed by atoms with Crippen LogP contribution in [-0.4, -0.2) is 37.9 Å². The second kappa shape index (κ2) is 29.2. The zero-order chi connectivity index (χ0) is 37.8. The first-order valence-corrected chi connectivity index (χ1v) is 21.4. The molecule has 2 atom stereocenters. The minimum Gasteiger partial charge on any atom is -0.354 e. The molecular weight excluding hydrogens is 658 g/mol. The Morgan fingerprint density at radius 2 is 0.750 bits per heavy atom. The summed E-state index contributed by atoms with van der Waals surface area (Å²) in [6, 6.07) is 6.65. The summed E-state index contributed by atoms with van der Waals surface area (Å²) in [5.74, 6) is 0.225. The van der Waals surface area contributed by atoms with Gasteiger partial charge >= 0.3 is 14.8 Å². The summed E-state index contributed by atoms with van der Waals surface area (Å²) in [4.78, 5) is 11.5. The topological polar surface area (TPSA) is 32.3 Å². The molecule has 4 nitrogen and oxygen atoms in total. The third-order valence-electron chi connectivity index (χ3n) is 10.7. The quantitative estimate of drug-likeness (QED) is 0.0416. The van der Waals surface area contributed by atoms with E-state index in [1.807, 2.05) is 0 Å². The number of pyridine rings is 2. The molecule has 0 N–H and O–H groups in total. The van der Waals surface area contributed by atoms with Crippen LogP contribution in [0.1, 0.15) is 182 Å². The van der Waals surface area contributed by atoms with Crippen molar-refractivity contribution in [1.82, 2.24) is 9.97 Å². The Balaban J connectivity index is 2.38. The Labute approximate surface area is 317 Å². The number of nitrogens with zero attached hydrogens (tertiary/aromatic N) is 4. The van der Waals surface area contributed by atoms with Gasteiger partial charge in [0, 0.05) is 25.5 Å². The van der Waals surface area contributed by atoms with E-state index in [0.29, 0.717) is 0 Å². The van der Waals surface area contributed by atoms with Gasteiger partial charge in [0.25, 0.3) is 0 Å². The molecule has 0 fully saturated rings. The predicted octanol–water partition coefficient (Wildman–Crippen LogP) is 14.3. The van der Waals surface area contributed by atoms with E-state index >= 15 is 17.3 Å². The van der Waals surface area contributed by atoms with Crippen molar-refractivity contribution >= 4 is 26.2 Å². The summed E-state index contributed by atoms with van der Waals surface area (Å²) in [5.41, 5.74) is 1.00. The van der Waals surface area contributed by atoms with Gasteiger partial charge in [0.1, 0.15) is 11.4 Å². The number of aromatic nitrogens is 2. The highest BCUT2D eigenvalue weighted by Gasteiger charge is 2.34. The van der Waals surface area contributed by atoms with Crippen molar-refractivity contribution < 1.29 is 17.3 Å². The van der Waals surface area contributed by atoms with Gasteiger partial charge in [-0.2, -0.15) is 0 Å². The third-order valence-corrected chi connectivity index (χ3v) is 10.7. The van der Waals surface area contributed by atoms with E-state index in [4.69, 9.17) is 0 Å². The van der Waals surface area contributed by atoms with Gasteiger partial charge in [-0.15, -0.1) is 0 Å². The van der Waals surface area contributed by atoms with Crippen molar-refractivity contribution in [2.45, 2.75) is 182 Å². The summed E-state index contributed by atoms with van der Waals surface area (Å²) in [6.07, 6.45) is 29.5. The number of rotatable bonds is 33. The average Bonchev–Trinajstić information content (AvgIpc) is 3.14. The van der Waals surface area contributed by atoms with E-state index in [0.717, 1.165) is 112 Å². The molecule has 0 aliphatic rings. The lowest BCUT2D eigenvalue weighted by Crippen LogP contribution is -2.39. The van der Waals surface area contributed by atoms with E-state index in [-0.39, 0.29) is 47.7 Å². The molecule has 2 rings (SSSR count). The van der Waals surface area contributed by atoms with E-state index in [2.05, 4.69) is 37.7 Å². The molecule has 0 amide bonds. The maximum atomic E-state index is 15.1. The summed E-state index contributed by atoms with van der Waals surface area (Å²) >= 11 is 0. The van der Waals surface area contributed by atoms with Gasteiger partial charge in [-0.1, -0.05) is 156 Å². The standard InChI is InChI=1S/C42H72B2F4N4/c1-5-9-13-17-19-23-29-37(27-21-15-11-7-3)35-51(43(45)46)39-31-25-33-49-41(39)42-40(32-26-34-50-42)52(44(47)48)36-38(28-22-16-12-8-4)30-24-20-18-14-10-6-2/h25-26,31-34,37-38H,5-24,27-30,35-36H2,1-4H3. The minimum absolute atomic E-state index is 0.112. The highest BCUT2D eigenvalue weighted by molar-refractivity contribution is 6.49. The summed E-state index contributed by atoms with van der Waals surface area (Å²) in [5, 5.41) is 0. The van der Waals surface area contributed by atoms with Gasteiger partial charge in [0.2, 0.25) is 0 Å². The molecule has 0 radical (unpaired) electrons. The largest absolute Gasteiger partial charge is 0.673 e. The minimum atomic E-state index is -2.76. The SMILES string of the molecule is CCCCCCCCC(CCCCCC)CN(B(F)F)c1cccnc1-c1ncccc1N(CC(CCCCCC)CCCCCCCC)B(F)F. The summed E-state index contributed by atoms with van der Waals surface area (Å²) < 4.78 is 60.4. The normalized spacial score (nSPS) is 12.5. The monoisotopic (exact) mass is 731 g/mol. The number of unbranched alkanes of at least 4 members (excludes halogenated alkanes) is 16. The highest BCUT2D eigenvalue weighted by atomic mass is 19.2. The zero-order valence-corrected chi connectivity index (χ0v) is 33.5. The van der Waals surface area contributed by atoms with E-state index < -0.39 is 14.8 Å². The number of hydrogen-bond acceptors (Lipinski definition) is 4. The van der Waals surface area contributed by atoms with Crippen LogP contribution >= 0.6 is 0 Å². The summed E-state index contributed by atoms with van der Waals surface area (Å²) in [6.45, 7) is 9.19. The fraction of sp³-hybridized carbons (Fsp3) is 0.762. The molecule has 2 aromatic heterocycles. The van der Waals surface area contributed by atoms with Gasteiger partial charge in [-0.05, 0) is 61.8 Å². The second-order valence-electron chi connectivity index (χ2n) is 15.1. The number of anilines is 2.